The third-order valence-electron chi connectivity index (χ3n) is 3.62. The largest absolute Gasteiger partial charge is 0.455 e. The van der Waals surface area contributed by atoms with E-state index in [4.69, 9.17) is 10.00 Å². The molecule has 1 aliphatic carbocycles. The molecule has 1 aliphatic rings. The van der Waals surface area contributed by atoms with Gasteiger partial charge in [0.25, 0.3) is 0 Å². The maximum atomic E-state index is 13.9. The minimum Gasteiger partial charge on any atom is -0.455 e. The van der Waals surface area contributed by atoms with Crippen molar-refractivity contribution in [2.24, 2.45) is 0 Å². The minimum absolute atomic E-state index is 0.160. The Kier molecular flexibility index (Phi) is 3.81. The van der Waals surface area contributed by atoms with Crippen LogP contribution < -0.4 is 4.74 Å². The van der Waals surface area contributed by atoms with E-state index in [9.17, 15) is 17.6 Å². The maximum Gasteiger partial charge on any atom is 0.198 e. The highest BCUT2D eigenvalue weighted by Gasteiger charge is 2.37. The molecule has 1 atom stereocenters. The van der Waals surface area contributed by atoms with Crippen LogP contribution in [0, 0.1) is 11.3 Å². The Balaban J connectivity index is 2.12. The number of ether oxygens (including phenoxy) is 1. The minimum atomic E-state index is -3.68. The number of carbonyl (C=O) groups is 1. The number of Topliss-reactive ketones (excluding diaryl/α,β-unsaturated/α-hetero) is 1. The third-order valence-corrected chi connectivity index (χ3v) is 4.75. The molecule has 0 saturated carbocycles. The Morgan fingerprint density at radius 1 is 1.38 bits per heavy atom. The van der Waals surface area contributed by atoms with E-state index >= 15 is 0 Å². The van der Waals surface area contributed by atoms with E-state index in [-0.39, 0.29) is 39.5 Å². The van der Waals surface area contributed by atoms with Gasteiger partial charge in [0.15, 0.2) is 21.8 Å². The molecule has 0 radical (unpaired) electrons. The summed E-state index contributed by atoms with van der Waals surface area (Å²) in [5.41, 5.74) is 0.320. The zero-order valence-electron chi connectivity index (χ0n) is 12.5. The number of carbonyl (C=O) groups excluding carboxylic acids is 1. The van der Waals surface area contributed by atoms with E-state index in [1.54, 1.807) is 0 Å². The van der Waals surface area contributed by atoms with Gasteiger partial charge < -0.3 is 4.74 Å². The van der Waals surface area contributed by atoms with Gasteiger partial charge in [-0.2, -0.15) is 5.26 Å². The quantitative estimate of drug-likeness (QED) is 0.845. The molecule has 0 fully saturated rings. The first-order chi connectivity index (χ1) is 11.3. The summed E-state index contributed by atoms with van der Waals surface area (Å²) in [6.45, 7) is 0. The van der Waals surface area contributed by atoms with Crippen molar-refractivity contribution in [3.8, 4) is 17.6 Å². The normalized spacial score (nSPS) is 16.5. The molecule has 1 aromatic heterocycles. The van der Waals surface area contributed by atoms with Crippen molar-refractivity contribution in [3.05, 3.63) is 47.3 Å². The highest BCUT2D eigenvalue weighted by atomic mass is 32.2. The highest BCUT2D eigenvalue weighted by molar-refractivity contribution is 7.90. The Labute approximate surface area is 137 Å². The molecule has 0 amide bonds. The van der Waals surface area contributed by atoms with E-state index in [1.807, 2.05) is 6.07 Å². The molecule has 1 aromatic carbocycles. The van der Waals surface area contributed by atoms with Crippen molar-refractivity contribution in [1.82, 2.24) is 4.98 Å². The number of hydrogen-bond acceptors (Lipinski definition) is 6. The summed E-state index contributed by atoms with van der Waals surface area (Å²) in [4.78, 5) is 15.7. The molecular formula is C16H11FN2O4S. The van der Waals surface area contributed by atoms with Gasteiger partial charge in [-0.05, 0) is 12.1 Å². The summed E-state index contributed by atoms with van der Waals surface area (Å²) in [5.74, 6) is -0.458. The summed E-state index contributed by atoms with van der Waals surface area (Å²) in [5, 5.41) is 8.87. The molecule has 0 N–H and O–H groups in total. The second-order valence-electron chi connectivity index (χ2n) is 5.35. The van der Waals surface area contributed by atoms with Crippen LogP contribution in [0.15, 0.2) is 35.5 Å². The molecule has 24 heavy (non-hydrogen) atoms. The van der Waals surface area contributed by atoms with E-state index in [0.717, 1.165) is 6.26 Å². The Morgan fingerprint density at radius 2 is 2.12 bits per heavy atom. The monoisotopic (exact) mass is 346 g/mol. The van der Waals surface area contributed by atoms with Gasteiger partial charge in [0.1, 0.15) is 17.6 Å². The number of alkyl halides is 1. The Bertz CT molecular complexity index is 996. The highest BCUT2D eigenvalue weighted by Crippen LogP contribution is 2.38. The lowest BCUT2D eigenvalue weighted by Crippen LogP contribution is -2.12. The second kappa shape index (κ2) is 5.69. The van der Waals surface area contributed by atoms with E-state index in [1.165, 1.54) is 30.6 Å². The number of hydrogen-bond donors (Lipinski definition) is 0. The molecule has 8 heteroatoms. The van der Waals surface area contributed by atoms with E-state index in [2.05, 4.69) is 4.98 Å². The fraction of sp³-hybridized carbons (Fsp3) is 0.188. The van der Waals surface area contributed by atoms with Crippen molar-refractivity contribution in [1.29, 1.82) is 5.26 Å². The van der Waals surface area contributed by atoms with Crippen molar-refractivity contribution in [2.75, 3.05) is 6.26 Å². The van der Waals surface area contributed by atoms with Gasteiger partial charge in [-0.15, -0.1) is 0 Å². The Morgan fingerprint density at radius 3 is 2.79 bits per heavy atom. The standard InChI is InChI=1S/C16H11FN2O4S/c1-24(21,22)14-3-2-13(11-5-12(17)16(20)15(11)14)23-10-4-9(6-18)7-19-8-10/h2-4,7-8,12H,5H2,1H3. The number of sulfone groups is 1. The number of pyridine rings is 1. The third kappa shape index (κ3) is 2.74. The number of benzene rings is 1. The topological polar surface area (TPSA) is 97.1 Å². The average molecular weight is 346 g/mol. The number of nitrogens with zero attached hydrogens (tertiary/aromatic N) is 2. The molecule has 1 heterocycles. The summed E-state index contributed by atoms with van der Waals surface area (Å²) in [7, 11) is -3.68. The number of halogens is 1. The summed E-state index contributed by atoms with van der Waals surface area (Å²) < 4.78 is 43.1. The van der Waals surface area contributed by atoms with Crippen molar-refractivity contribution in [2.45, 2.75) is 17.5 Å². The van der Waals surface area contributed by atoms with Crippen LogP contribution >= 0.6 is 0 Å². The van der Waals surface area contributed by atoms with Gasteiger partial charge in [-0.3, -0.25) is 9.78 Å². The lowest BCUT2D eigenvalue weighted by molar-refractivity contribution is 0.0896. The predicted molar refractivity (Wildman–Crippen MR) is 81.5 cm³/mol. The maximum absolute atomic E-state index is 13.9. The average Bonchev–Trinajstić information content (AvgIpc) is 2.83. The van der Waals surface area contributed by atoms with Crippen molar-refractivity contribution >= 4 is 15.6 Å². The number of ketones is 1. The summed E-state index contributed by atoms with van der Waals surface area (Å²) in [6, 6.07) is 5.95. The molecule has 0 bridgehead atoms. The molecular weight excluding hydrogens is 335 g/mol. The fourth-order valence-electron chi connectivity index (χ4n) is 2.58. The van der Waals surface area contributed by atoms with Gasteiger partial charge in [0, 0.05) is 36.1 Å². The van der Waals surface area contributed by atoms with Crippen LogP contribution in [0.1, 0.15) is 21.5 Å². The molecule has 122 valence electrons. The van der Waals surface area contributed by atoms with Gasteiger partial charge >= 0.3 is 0 Å². The first kappa shape index (κ1) is 16.1. The molecule has 1 unspecified atom stereocenters. The van der Waals surface area contributed by atoms with Gasteiger partial charge in [0.2, 0.25) is 0 Å². The van der Waals surface area contributed by atoms with Crippen LogP contribution in [0.5, 0.6) is 11.5 Å². The van der Waals surface area contributed by atoms with Gasteiger partial charge in [0.05, 0.1) is 16.7 Å². The van der Waals surface area contributed by atoms with E-state index in [0.29, 0.717) is 0 Å². The van der Waals surface area contributed by atoms with Crippen LogP contribution in [0.4, 0.5) is 4.39 Å². The number of fused-ring (bicyclic) bond motifs is 1. The van der Waals surface area contributed by atoms with Crippen molar-refractivity contribution in [3.63, 3.8) is 0 Å². The lowest BCUT2D eigenvalue weighted by atomic mass is 10.1. The summed E-state index contributed by atoms with van der Waals surface area (Å²) >= 11 is 0. The smallest absolute Gasteiger partial charge is 0.198 e. The van der Waals surface area contributed by atoms with E-state index < -0.39 is 21.8 Å². The number of rotatable bonds is 3. The van der Waals surface area contributed by atoms with Crippen LogP contribution in [-0.4, -0.2) is 31.6 Å². The summed E-state index contributed by atoms with van der Waals surface area (Å²) in [6.07, 6.45) is 1.63. The van der Waals surface area contributed by atoms with Crippen molar-refractivity contribution < 1.29 is 22.3 Å². The molecule has 0 aliphatic heterocycles. The molecule has 0 saturated heterocycles. The number of nitriles is 1. The van der Waals surface area contributed by atoms with Crippen LogP contribution in [0.25, 0.3) is 0 Å². The fourth-order valence-corrected chi connectivity index (χ4v) is 3.49. The van der Waals surface area contributed by atoms with Gasteiger partial charge in [-0.1, -0.05) is 0 Å². The first-order valence-electron chi connectivity index (χ1n) is 6.88. The van der Waals surface area contributed by atoms with Crippen LogP contribution in [0.2, 0.25) is 0 Å². The second-order valence-corrected chi connectivity index (χ2v) is 7.33. The van der Waals surface area contributed by atoms with Gasteiger partial charge in [-0.25, -0.2) is 12.8 Å². The van der Waals surface area contributed by atoms with Crippen LogP contribution in [0.3, 0.4) is 0 Å². The molecule has 2 aromatic rings. The van der Waals surface area contributed by atoms with Crippen LogP contribution in [-0.2, 0) is 16.3 Å². The lowest BCUT2D eigenvalue weighted by Gasteiger charge is -2.12. The molecule has 0 spiro atoms. The molecule has 6 nitrogen and oxygen atoms in total. The predicted octanol–water partition coefficient (Wildman–Crippen LogP) is 2.23. The SMILES string of the molecule is CS(=O)(=O)c1ccc(Oc2cncc(C#N)c2)c2c1C(=O)C(F)C2. The number of aromatic nitrogens is 1. The molecule has 3 rings (SSSR count). The Hall–Kier alpha value is -2.79. The zero-order chi connectivity index (χ0) is 17.5. The first-order valence-corrected chi connectivity index (χ1v) is 8.77. The zero-order valence-corrected chi connectivity index (χ0v) is 13.3.